The highest BCUT2D eigenvalue weighted by molar-refractivity contribution is 5.97. The zero-order chi connectivity index (χ0) is 26.4. The van der Waals surface area contributed by atoms with E-state index in [4.69, 9.17) is 16.6 Å². The summed E-state index contributed by atoms with van der Waals surface area (Å²) in [4.78, 5) is 62.9. The maximum Gasteiger partial charge on any atom is 0.326 e. The molecule has 0 aliphatic heterocycles. The lowest BCUT2D eigenvalue weighted by molar-refractivity contribution is -0.140. The number of nitrogens with two attached hydrogens (primary N) is 2. The Kier molecular flexibility index (Phi) is 8.08. The van der Waals surface area contributed by atoms with Gasteiger partial charge in [0, 0.05) is 17.7 Å². The molecule has 3 rings (SSSR count). The Labute approximate surface area is 202 Å². The van der Waals surface area contributed by atoms with E-state index in [-0.39, 0.29) is 42.2 Å². The van der Waals surface area contributed by atoms with E-state index in [9.17, 15) is 29.4 Å². The molecule has 36 heavy (non-hydrogen) atoms. The van der Waals surface area contributed by atoms with Crippen LogP contribution >= 0.6 is 0 Å². The van der Waals surface area contributed by atoms with E-state index < -0.39 is 42.1 Å². The van der Waals surface area contributed by atoms with E-state index in [1.807, 2.05) is 0 Å². The van der Waals surface area contributed by atoms with Gasteiger partial charge < -0.3 is 42.0 Å². The highest BCUT2D eigenvalue weighted by Gasteiger charge is 2.22. The van der Waals surface area contributed by atoms with E-state index >= 15 is 0 Å². The number of hydrogen-bond donors (Lipinski definition) is 7. The first-order valence-electron chi connectivity index (χ1n) is 10.6. The molecule has 0 aliphatic carbocycles. The summed E-state index contributed by atoms with van der Waals surface area (Å²) in [6.45, 7) is 0.0563. The van der Waals surface area contributed by atoms with Crippen LogP contribution in [0.1, 0.15) is 28.9 Å². The molecule has 15 heteroatoms. The third kappa shape index (κ3) is 6.71. The summed E-state index contributed by atoms with van der Waals surface area (Å²) in [5.41, 5.74) is 11.6. The molecule has 0 aliphatic rings. The molecule has 3 aromatic rings. The minimum Gasteiger partial charge on any atom is -0.481 e. The van der Waals surface area contributed by atoms with Gasteiger partial charge in [0.15, 0.2) is 11.2 Å². The number of hydrogen-bond acceptors (Lipinski definition) is 11. The Morgan fingerprint density at radius 3 is 2.44 bits per heavy atom. The van der Waals surface area contributed by atoms with Crippen LogP contribution in [0.4, 0.5) is 11.6 Å². The van der Waals surface area contributed by atoms with Crippen LogP contribution in [0.15, 0.2) is 35.3 Å². The van der Waals surface area contributed by atoms with Gasteiger partial charge in [0.05, 0.1) is 25.0 Å². The van der Waals surface area contributed by atoms with Crippen LogP contribution < -0.4 is 27.2 Å². The van der Waals surface area contributed by atoms with Crippen molar-refractivity contribution in [2.45, 2.75) is 31.7 Å². The molecule has 1 aromatic carbocycles. The molecule has 2 atom stereocenters. The van der Waals surface area contributed by atoms with Crippen molar-refractivity contribution < 1.29 is 29.7 Å². The van der Waals surface area contributed by atoms with Crippen molar-refractivity contribution in [3.63, 3.8) is 0 Å². The smallest absolute Gasteiger partial charge is 0.326 e. The molecule has 1 unspecified atom stereocenters. The number of carboxylic acid groups (broad SMARTS) is 2. The van der Waals surface area contributed by atoms with Gasteiger partial charge in [-0.3, -0.25) is 14.4 Å². The first-order valence-corrected chi connectivity index (χ1v) is 10.6. The fraction of sp³-hybridized carbons (Fsp3) is 0.286. The number of carboxylic acids is 2. The van der Waals surface area contributed by atoms with Gasteiger partial charge in [-0.05, 0) is 30.7 Å². The van der Waals surface area contributed by atoms with Crippen molar-refractivity contribution in [1.82, 2.24) is 25.3 Å². The lowest BCUT2D eigenvalue weighted by Gasteiger charge is -2.26. The zero-order valence-corrected chi connectivity index (χ0v) is 18.8. The van der Waals surface area contributed by atoms with Gasteiger partial charge >= 0.3 is 17.5 Å². The number of fused-ring (bicyclic) bond motifs is 1. The van der Waals surface area contributed by atoms with E-state index in [0.717, 1.165) is 0 Å². The van der Waals surface area contributed by atoms with Crippen LogP contribution in [-0.4, -0.2) is 71.9 Å². The Morgan fingerprint density at radius 1 is 1.14 bits per heavy atom. The van der Waals surface area contributed by atoms with Gasteiger partial charge in [0.1, 0.15) is 12.3 Å². The van der Waals surface area contributed by atoms with Crippen molar-refractivity contribution in [1.29, 1.82) is 0 Å². The maximum absolute atomic E-state index is 12.5. The second-order valence-electron chi connectivity index (χ2n) is 7.78. The Morgan fingerprint density at radius 2 is 1.83 bits per heavy atom. The number of aliphatic hydroxyl groups excluding tert-OH is 1. The van der Waals surface area contributed by atoms with Crippen molar-refractivity contribution in [3.8, 4) is 0 Å². The molecular formula is C21H24N8O7. The first kappa shape index (κ1) is 26.0. The topological polar surface area (TPSA) is 251 Å². The van der Waals surface area contributed by atoms with Gasteiger partial charge in [-0.2, -0.15) is 4.98 Å². The van der Waals surface area contributed by atoms with Crippen molar-refractivity contribution in [2.24, 2.45) is 5.73 Å². The number of anilines is 2. The molecule has 9 N–H and O–H groups in total. The average Bonchev–Trinajstić information content (AvgIpc) is 2.81. The second kappa shape index (κ2) is 11.2. The monoisotopic (exact) mass is 500 g/mol. The van der Waals surface area contributed by atoms with E-state index in [1.165, 1.54) is 18.3 Å². The van der Waals surface area contributed by atoms with Crippen LogP contribution in [0.5, 0.6) is 0 Å². The number of rotatable bonds is 11. The SMILES string of the molecule is Nc1nc(=O)c2nc(CN(CC(N)O)c3ccc(C(=O)N[C@@H](CCC(=O)O)C(=O)O)cc3)cnc2[nH]1. The molecule has 0 fully saturated rings. The number of H-pyrrole nitrogens is 1. The number of nitrogen functional groups attached to an aromatic ring is 1. The minimum absolute atomic E-state index is 0.0159. The lowest BCUT2D eigenvalue weighted by Crippen LogP contribution is -2.41. The van der Waals surface area contributed by atoms with Crippen molar-refractivity contribution in [3.05, 3.63) is 52.1 Å². The molecule has 0 saturated carbocycles. The molecule has 1 amide bonds. The summed E-state index contributed by atoms with van der Waals surface area (Å²) >= 11 is 0. The summed E-state index contributed by atoms with van der Waals surface area (Å²) < 4.78 is 0. The normalized spacial score (nSPS) is 12.6. The number of aliphatic hydroxyl groups is 1. The Bertz CT molecular complexity index is 1330. The molecule has 0 spiro atoms. The molecule has 2 heterocycles. The molecule has 0 bridgehead atoms. The fourth-order valence-electron chi connectivity index (χ4n) is 3.33. The zero-order valence-electron chi connectivity index (χ0n) is 18.8. The largest absolute Gasteiger partial charge is 0.481 e. The summed E-state index contributed by atoms with van der Waals surface area (Å²) in [6.07, 6.45) is -0.496. The van der Waals surface area contributed by atoms with Gasteiger partial charge in [-0.1, -0.05) is 0 Å². The number of nitrogens with zero attached hydrogens (tertiary/aromatic N) is 4. The Balaban J connectivity index is 1.79. The molecule has 190 valence electrons. The number of benzene rings is 1. The van der Waals surface area contributed by atoms with E-state index in [1.54, 1.807) is 17.0 Å². The highest BCUT2D eigenvalue weighted by atomic mass is 16.4. The second-order valence-corrected chi connectivity index (χ2v) is 7.78. The molecular weight excluding hydrogens is 476 g/mol. The predicted molar refractivity (Wildman–Crippen MR) is 126 cm³/mol. The van der Waals surface area contributed by atoms with Crippen molar-refractivity contribution >= 4 is 40.6 Å². The average molecular weight is 500 g/mol. The van der Waals surface area contributed by atoms with Gasteiger partial charge in [0.25, 0.3) is 5.91 Å². The highest BCUT2D eigenvalue weighted by Crippen LogP contribution is 2.18. The standard InChI is InChI=1S/C21H24N8O7/c22-14(30)9-29(8-11-7-24-17-16(25-11)19(34)28-21(23)27-17)12-3-1-10(2-4-12)18(33)26-13(20(35)36)5-6-15(31)32/h1-4,7,13-14,30H,5-6,8-9,22H2,(H,26,33)(H,31,32)(H,35,36)(H3,23,24,27,28,34)/t13-,14?/m0/s1. The van der Waals surface area contributed by atoms with Crippen LogP contribution in [0, 0.1) is 0 Å². The van der Waals surface area contributed by atoms with Crippen LogP contribution in [0.25, 0.3) is 11.2 Å². The Hall–Kier alpha value is -4.63. The van der Waals surface area contributed by atoms with Crippen molar-refractivity contribution in [2.75, 3.05) is 17.2 Å². The quantitative estimate of drug-likeness (QED) is 0.150. The van der Waals surface area contributed by atoms with Crippen LogP contribution in [0.2, 0.25) is 0 Å². The number of carbonyl (C=O) groups excluding carboxylic acids is 1. The van der Waals surface area contributed by atoms with E-state index in [2.05, 4.69) is 25.3 Å². The third-order valence-electron chi connectivity index (χ3n) is 5.00. The van der Waals surface area contributed by atoms with Gasteiger partial charge in [-0.15, -0.1) is 0 Å². The van der Waals surface area contributed by atoms with E-state index in [0.29, 0.717) is 11.4 Å². The number of aliphatic carboxylic acids is 2. The van der Waals surface area contributed by atoms with Crippen LogP contribution in [0.3, 0.4) is 0 Å². The molecule has 0 radical (unpaired) electrons. The summed E-state index contributed by atoms with van der Waals surface area (Å²) in [6, 6.07) is 4.60. The number of aromatic amines is 1. The molecule has 15 nitrogen and oxygen atoms in total. The number of aromatic nitrogens is 4. The minimum atomic E-state index is -1.36. The number of amides is 1. The predicted octanol–water partition coefficient (Wildman–Crippen LogP) is -1.37. The molecule has 0 saturated heterocycles. The summed E-state index contributed by atoms with van der Waals surface area (Å²) in [7, 11) is 0. The maximum atomic E-state index is 12.5. The molecule has 2 aromatic heterocycles. The van der Waals surface area contributed by atoms with Gasteiger partial charge in [0.2, 0.25) is 5.95 Å². The fourth-order valence-corrected chi connectivity index (χ4v) is 3.33. The third-order valence-corrected chi connectivity index (χ3v) is 5.00. The number of carbonyl (C=O) groups is 3. The summed E-state index contributed by atoms with van der Waals surface area (Å²) in [5.74, 6) is -3.32. The summed E-state index contributed by atoms with van der Waals surface area (Å²) in [5, 5.41) is 30.0. The van der Waals surface area contributed by atoms with Crippen LogP contribution in [-0.2, 0) is 16.1 Å². The first-order chi connectivity index (χ1) is 17.0. The lowest BCUT2D eigenvalue weighted by atomic mass is 10.1. The number of nitrogens with one attached hydrogen (secondary N) is 2. The van der Waals surface area contributed by atoms with Gasteiger partial charge in [-0.25, -0.2) is 14.8 Å².